The summed E-state index contributed by atoms with van der Waals surface area (Å²) < 4.78 is 0. The third-order valence-corrected chi connectivity index (χ3v) is 3.78. The molecule has 0 amide bonds. The van der Waals surface area contributed by atoms with E-state index >= 15 is 0 Å². The first-order chi connectivity index (χ1) is 7.72. The van der Waals surface area contributed by atoms with Crippen LogP contribution < -0.4 is 5.73 Å². The van der Waals surface area contributed by atoms with Crippen molar-refractivity contribution in [1.29, 1.82) is 0 Å². The van der Waals surface area contributed by atoms with E-state index in [1.165, 1.54) is 18.4 Å². The predicted octanol–water partition coefficient (Wildman–Crippen LogP) is 2.01. The normalized spacial score (nSPS) is 19.6. The maximum absolute atomic E-state index is 6.08. The molecule has 1 aliphatic carbocycles. The lowest BCUT2D eigenvalue weighted by atomic mass is 9.88. The summed E-state index contributed by atoms with van der Waals surface area (Å²) in [6.45, 7) is 2.10. The van der Waals surface area contributed by atoms with E-state index in [4.69, 9.17) is 5.73 Å². The molecule has 1 atom stereocenters. The molecule has 16 heavy (non-hydrogen) atoms. The molecular weight excluding hydrogens is 198 g/mol. The minimum absolute atomic E-state index is 0.220. The highest BCUT2D eigenvalue weighted by Gasteiger charge is 2.47. The third-order valence-electron chi connectivity index (χ3n) is 3.78. The summed E-state index contributed by atoms with van der Waals surface area (Å²) in [6, 6.07) is 6.72. The molecule has 1 unspecified atom stereocenters. The number of rotatable bonds is 2. The highest BCUT2D eigenvalue weighted by molar-refractivity contribution is 5.81. The Kier molecular flexibility index (Phi) is 1.98. The third kappa shape index (κ3) is 1.32. The highest BCUT2D eigenvalue weighted by atomic mass is 15.1. The summed E-state index contributed by atoms with van der Waals surface area (Å²) in [5, 5.41) is 10.1. The van der Waals surface area contributed by atoms with Gasteiger partial charge in [0.1, 0.15) is 0 Å². The van der Waals surface area contributed by atoms with Crippen molar-refractivity contribution in [3.05, 3.63) is 36.2 Å². The molecule has 0 spiro atoms. The first-order valence-electron chi connectivity index (χ1n) is 5.69. The van der Waals surface area contributed by atoms with Crippen molar-refractivity contribution in [2.75, 3.05) is 0 Å². The lowest BCUT2D eigenvalue weighted by molar-refractivity contribution is 0.557. The molecule has 2 aromatic rings. The Bertz CT molecular complexity index is 529. The number of fused-ring (bicyclic) bond motifs is 1. The number of nitrogens with two attached hydrogens (primary N) is 1. The number of hydrogen-bond acceptors (Lipinski definition) is 3. The van der Waals surface area contributed by atoms with Gasteiger partial charge in [-0.3, -0.25) is 0 Å². The van der Waals surface area contributed by atoms with Crippen molar-refractivity contribution in [3.8, 4) is 0 Å². The van der Waals surface area contributed by atoms with E-state index < -0.39 is 0 Å². The summed E-state index contributed by atoms with van der Waals surface area (Å²) in [4.78, 5) is 0. The molecule has 0 aliphatic heterocycles. The van der Waals surface area contributed by atoms with Crippen LogP contribution in [0, 0.1) is 0 Å². The van der Waals surface area contributed by atoms with Gasteiger partial charge in [0.05, 0.1) is 12.4 Å². The van der Waals surface area contributed by atoms with Crippen LogP contribution in [0.25, 0.3) is 10.8 Å². The van der Waals surface area contributed by atoms with Crippen LogP contribution in [-0.4, -0.2) is 16.2 Å². The van der Waals surface area contributed by atoms with Gasteiger partial charge in [0.15, 0.2) is 0 Å². The molecular formula is C13H15N3. The zero-order valence-corrected chi connectivity index (χ0v) is 9.35. The van der Waals surface area contributed by atoms with Crippen molar-refractivity contribution >= 4 is 10.8 Å². The summed E-state index contributed by atoms with van der Waals surface area (Å²) in [7, 11) is 0. The lowest BCUT2D eigenvalue weighted by Gasteiger charge is -2.20. The molecule has 1 fully saturated rings. The standard InChI is InChI=1S/C13H15N3/c1-9(14)13(4-5-13)12-3-2-10-7-15-16-8-11(10)6-12/h2-3,6-9H,4-5,14H2,1H3. The van der Waals surface area contributed by atoms with Gasteiger partial charge in [-0.15, -0.1) is 0 Å². The van der Waals surface area contributed by atoms with Crippen molar-refractivity contribution in [3.63, 3.8) is 0 Å². The van der Waals surface area contributed by atoms with Gasteiger partial charge in [0.2, 0.25) is 0 Å². The molecule has 1 aromatic heterocycles. The second-order valence-corrected chi connectivity index (χ2v) is 4.78. The topological polar surface area (TPSA) is 51.8 Å². The molecule has 1 saturated carbocycles. The van der Waals surface area contributed by atoms with Crippen LogP contribution in [0.1, 0.15) is 25.3 Å². The number of benzene rings is 1. The monoisotopic (exact) mass is 213 g/mol. The Morgan fingerprint density at radius 1 is 1.19 bits per heavy atom. The fourth-order valence-corrected chi connectivity index (χ4v) is 2.45. The minimum Gasteiger partial charge on any atom is -0.327 e. The fourth-order valence-electron chi connectivity index (χ4n) is 2.45. The molecule has 0 radical (unpaired) electrons. The largest absolute Gasteiger partial charge is 0.327 e. The Morgan fingerprint density at radius 3 is 2.50 bits per heavy atom. The maximum Gasteiger partial charge on any atom is 0.0574 e. The van der Waals surface area contributed by atoms with Gasteiger partial charge >= 0.3 is 0 Å². The van der Waals surface area contributed by atoms with Gasteiger partial charge in [-0.25, -0.2) is 0 Å². The number of hydrogen-bond donors (Lipinski definition) is 1. The molecule has 1 heterocycles. The molecule has 82 valence electrons. The Labute approximate surface area is 94.7 Å². The van der Waals surface area contributed by atoms with Crippen LogP contribution in [0.5, 0.6) is 0 Å². The van der Waals surface area contributed by atoms with Gasteiger partial charge in [-0.1, -0.05) is 12.1 Å². The van der Waals surface area contributed by atoms with Crippen LogP contribution in [0.2, 0.25) is 0 Å². The molecule has 3 nitrogen and oxygen atoms in total. The number of nitrogens with zero attached hydrogens (tertiary/aromatic N) is 2. The average molecular weight is 213 g/mol. The summed E-state index contributed by atoms with van der Waals surface area (Å²) >= 11 is 0. The first kappa shape index (κ1) is 9.73. The van der Waals surface area contributed by atoms with Crippen molar-refractivity contribution < 1.29 is 0 Å². The van der Waals surface area contributed by atoms with E-state index in [0.717, 1.165) is 10.8 Å². The van der Waals surface area contributed by atoms with E-state index in [1.807, 2.05) is 6.20 Å². The van der Waals surface area contributed by atoms with Crippen LogP contribution in [-0.2, 0) is 5.41 Å². The predicted molar refractivity (Wildman–Crippen MR) is 64.1 cm³/mol. The van der Waals surface area contributed by atoms with Gasteiger partial charge in [-0.2, -0.15) is 10.2 Å². The Morgan fingerprint density at radius 2 is 1.88 bits per heavy atom. The van der Waals surface area contributed by atoms with E-state index in [1.54, 1.807) is 6.20 Å². The van der Waals surface area contributed by atoms with E-state index in [9.17, 15) is 0 Å². The van der Waals surface area contributed by atoms with E-state index in [-0.39, 0.29) is 11.5 Å². The summed E-state index contributed by atoms with van der Waals surface area (Å²) in [5.41, 5.74) is 7.65. The Hall–Kier alpha value is -1.48. The average Bonchev–Trinajstić information content (AvgIpc) is 3.09. The molecule has 3 rings (SSSR count). The number of aromatic nitrogens is 2. The van der Waals surface area contributed by atoms with E-state index in [2.05, 4.69) is 35.3 Å². The summed E-state index contributed by atoms with van der Waals surface area (Å²) in [6.07, 6.45) is 6.02. The zero-order chi connectivity index (χ0) is 11.2. The molecule has 1 aliphatic rings. The van der Waals surface area contributed by atoms with Crippen LogP contribution in [0.3, 0.4) is 0 Å². The quantitative estimate of drug-likeness (QED) is 0.830. The van der Waals surface area contributed by atoms with Crippen molar-refractivity contribution in [2.24, 2.45) is 5.73 Å². The fraction of sp³-hybridized carbons (Fsp3) is 0.385. The Balaban J connectivity index is 2.12. The molecule has 0 bridgehead atoms. The zero-order valence-electron chi connectivity index (χ0n) is 9.35. The molecule has 1 aromatic carbocycles. The van der Waals surface area contributed by atoms with Crippen molar-refractivity contribution in [2.45, 2.75) is 31.2 Å². The van der Waals surface area contributed by atoms with Gasteiger partial charge in [0.25, 0.3) is 0 Å². The molecule has 0 saturated heterocycles. The van der Waals surface area contributed by atoms with E-state index in [0.29, 0.717) is 0 Å². The van der Waals surface area contributed by atoms with Crippen LogP contribution in [0.15, 0.2) is 30.6 Å². The SMILES string of the molecule is CC(N)C1(c2ccc3cnncc3c2)CC1. The first-order valence-corrected chi connectivity index (χ1v) is 5.69. The molecule has 2 N–H and O–H groups in total. The van der Waals surface area contributed by atoms with Crippen molar-refractivity contribution in [1.82, 2.24) is 10.2 Å². The smallest absolute Gasteiger partial charge is 0.0574 e. The maximum atomic E-state index is 6.08. The second-order valence-electron chi connectivity index (χ2n) is 4.78. The minimum atomic E-state index is 0.220. The van der Waals surface area contributed by atoms with Gasteiger partial charge < -0.3 is 5.73 Å². The summed E-state index contributed by atoms with van der Waals surface area (Å²) in [5.74, 6) is 0. The van der Waals surface area contributed by atoms with Crippen LogP contribution in [0.4, 0.5) is 0 Å². The molecule has 3 heteroatoms. The van der Waals surface area contributed by atoms with Gasteiger partial charge in [0, 0.05) is 22.2 Å². The highest BCUT2D eigenvalue weighted by Crippen LogP contribution is 2.50. The second kappa shape index (κ2) is 3.25. The van der Waals surface area contributed by atoms with Gasteiger partial charge in [-0.05, 0) is 31.4 Å². The van der Waals surface area contributed by atoms with Crippen LogP contribution >= 0.6 is 0 Å². The lowest BCUT2D eigenvalue weighted by Crippen LogP contribution is -2.31.